The summed E-state index contributed by atoms with van der Waals surface area (Å²) < 4.78 is 5.31. The first-order valence-electron chi connectivity index (χ1n) is 6.76. The maximum absolute atomic E-state index is 12.6. The van der Waals surface area contributed by atoms with Crippen LogP contribution in [0, 0.1) is 20.8 Å². The van der Waals surface area contributed by atoms with Gasteiger partial charge in [0.1, 0.15) is 5.75 Å². The van der Waals surface area contributed by atoms with Crippen LogP contribution in [-0.4, -0.2) is 12.9 Å². The van der Waals surface area contributed by atoms with Crippen molar-refractivity contribution in [2.24, 2.45) is 0 Å². The molecule has 0 N–H and O–H groups in total. The van der Waals surface area contributed by atoms with E-state index < -0.39 is 0 Å². The number of ether oxygens (including phenoxy) is 1. The van der Waals surface area contributed by atoms with Crippen LogP contribution in [0.2, 0.25) is 0 Å². The van der Waals surface area contributed by atoms with Crippen LogP contribution in [0.3, 0.4) is 0 Å². The Balaban J connectivity index is 2.34. The number of para-hydroxylation sites is 1. The summed E-state index contributed by atoms with van der Waals surface area (Å²) in [6.45, 7) is 6.04. The lowest BCUT2D eigenvalue weighted by Gasteiger charge is -2.12. The van der Waals surface area contributed by atoms with Gasteiger partial charge >= 0.3 is 0 Å². The third-order valence-electron chi connectivity index (χ3n) is 3.50. The maximum Gasteiger partial charge on any atom is 0.167 e. The number of Topliss-reactive ketones (excluding diaryl/α,β-unsaturated/α-hetero) is 1. The highest BCUT2D eigenvalue weighted by Gasteiger charge is 2.15. The molecule has 0 heterocycles. The van der Waals surface area contributed by atoms with Crippen molar-refractivity contribution >= 4 is 5.78 Å². The zero-order valence-corrected chi connectivity index (χ0v) is 12.5. The molecule has 2 rings (SSSR count). The van der Waals surface area contributed by atoms with Gasteiger partial charge in [0.15, 0.2) is 5.78 Å². The first kappa shape index (κ1) is 14.3. The van der Waals surface area contributed by atoms with Gasteiger partial charge in [0.25, 0.3) is 0 Å². The quantitative estimate of drug-likeness (QED) is 0.782. The average Bonchev–Trinajstić information content (AvgIpc) is 2.38. The Morgan fingerprint density at radius 1 is 1.05 bits per heavy atom. The molecule has 0 aliphatic heterocycles. The number of carbonyl (C=O) groups excluding carboxylic acids is 1. The Kier molecular flexibility index (Phi) is 4.23. The van der Waals surface area contributed by atoms with Crippen LogP contribution in [0.25, 0.3) is 0 Å². The molecule has 0 atom stereocenters. The predicted octanol–water partition coefficient (Wildman–Crippen LogP) is 4.05. The molecule has 2 aromatic rings. The number of hydrogen-bond acceptors (Lipinski definition) is 2. The van der Waals surface area contributed by atoms with Crippen molar-refractivity contribution in [3.05, 3.63) is 64.2 Å². The van der Waals surface area contributed by atoms with Gasteiger partial charge < -0.3 is 4.74 Å². The number of methoxy groups -OCH3 is 1. The van der Waals surface area contributed by atoms with E-state index in [1.54, 1.807) is 7.11 Å². The zero-order valence-electron chi connectivity index (χ0n) is 12.5. The van der Waals surface area contributed by atoms with Crippen LogP contribution < -0.4 is 4.74 Å². The molecule has 20 heavy (non-hydrogen) atoms. The summed E-state index contributed by atoms with van der Waals surface area (Å²) in [6.07, 6.45) is 0.370. The van der Waals surface area contributed by atoms with E-state index >= 15 is 0 Å². The molecule has 0 aromatic heterocycles. The van der Waals surface area contributed by atoms with Crippen molar-refractivity contribution < 1.29 is 9.53 Å². The third kappa shape index (κ3) is 2.90. The molecule has 0 amide bonds. The van der Waals surface area contributed by atoms with E-state index in [1.807, 2.05) is 38.1 Å². The van der Waals surface area contributed by atoms with Crippen molar-refractivity contribution in [2.45, 2.75) is 27.2 Å². The van der Waals surface area contributed by atoms with Gasteiger partial charge in [0, 0.05) is 17.5 Å². The summed E-state index contributed by atoms with van der Waals surface area (Å²) >= 11 is 0. The molecule has 0 saturated carbocycles. The van der Waals surface area contributed by atoms with Gasteiger partial charge in [-0.3, -0.25) is 4.79 Å². The van der Waals surface area contributed by atoms with Crippen LogP contribution >= 0.6 is 0 Å². The van der Waals surface area contributed by atoms with Gasteiger partial charge in [-0.15, -0.1) is 0 Å². The summed E-state index contributed by atoms with van der Waals surface area (Å²) in [6, 6.07) is 11.8. The second kappa shape index (κ2) is 5.91. The number of hydrogen-bond donors (Lipinski definition) is 0. The predicted molar refractivity (Wildman–Crippen MR) is 81.7 cm³/mol. The van der Waals surface area contributed by atoms with Gasteiger partial charge in [0.05, 0.1) is 7.11 Å². The van der Waals surface area contributed by atoms with E-state index in [0.717, 1.165) is 28.0 Å². The van der Waals surface area contributed by atoms with Crippen LogP contribution in [0.15, 0.2) is 36.4 Å². The molecule has 0 aliphatic carbocycles. The van der Waals surface area contributed by atoms with E-state index in [9.17, 15) is 4.79 Å². The van der Waals surface area contributed by atoms with Crippen molar-refractivity contribution in [3.63, 3.8) is 0 Å². The van der Waals surface area contributed by atoms with E-state index in [2.05, 4.69) is 19.1 Å². The van der Waals surface area contributed by atoms with E-state index in [4.69, 9.17) is 4.74 Å². The average molecular weight is 268 g/mol. The second-order valence-corrected chi connectivity index (χ2v) is 5.19. The highest BCUT2D eigenvalue weighted by atomic mass is 16.5. The Labute approximate surface area is 120 Å². The molecule has 0 unspecified atom stereocenters. The number of benzene rings is 2. The number of ketones is 1. The van der Waals surface area contributed by atoms with Gasteiger partial charge in [0.2, 0.25) is 0 Å². The molecule has 0 aliphatic rings. The van der Waals surface area contributed by atoms with Crippen molar-refractivity contribution in [1.82, 2.24) is 0 Å². The van der Waals surface area contributed by atoms with E-state index in [0.29, 0.717) is 6.42 Å². The third-order valence-corrected chi connectivity index (χ3v) is 3.50. The smallest absolute Gasteiger partial charge is 0.167 e. The normalized spacial score (nSPS) is 10.4. The maximum atomic E-state index is 12.6. The Morgan fingerprint density at radius 2 is 1.65 bits per heavy atom. The fraction of sp³-hybridized carbons (Fsp3) is 0.278. The molecule has 2 aromatic carbocycles. The Hall–Kier alpha value is -2.09. The fourth-order valence-corrected chi connectivity index (χ4v) is 2.73. The van der Waals surface area contributed by atoms with Gasteiger partial charge in [-0.2, -0.15) is 0 Å². The van der Waals surface area contributed by atoms with Crippen LogP contribution in [-0.2, 0) is 6.42 Å². The van der Waals surface area contributed by atoms with Gasteiger partial charge in [-0.25, -0.2) is 0 Å². The van der Waals surface area contributed by atoms with Crippen molar-refractivity contribution in [3.8, 4) is 5.75 Å². The number of carbonyl (C=O) groups is 1. The summed E-state index contributed by atoms with van der Waals surface area (Å²) in [5.74, 6) is 0.910. The monoisotopic (exact) mass is 268 g/mol. The highest BCUT2D eigenvalue weighted by Crippen LogP contribution is 2.22. The molecule has 0 radical (unpaired) electrons. The molecular weight excluding hydrogens is 248 g/mol. The molecule has 2 nitrogen and oxygen atoms in total. The van der Waals surface area contributed by atoms with Gasteiger partial charge in [-0.05, 0) is 38.0 Å². The van der Waals surface area contributed by atoms with Crippen molar-refractivity contribution in [2.75, 3.05) is 7.11 Å². The molecule has 104 valence electrons. The molecule has 0 fully saturated rings. The highest BCUT2D eigenvalue weighted by molar-refractivity contribution is 6.00. The molecule has 0 saturated heterocycles. The first-order valence-corrected chi connectivity index (χ1v) is 6.76. The minimum atomic E-state index is 0.143. The SMILES string of the molecule is COc1ccccc1CC(=O)c1c(C)cc(C)cc1C. The van der Waals surface area contributed by atoms with Crippen molar-refractivity contribution in [1.29, 1.82) is 0 Å². The van der Waals surface area contributed by atoms with E-state index in [1.165, 1.54) is 5.56 Å². The fourth-order valence-electron chi connectivity index (χ4n) is 2.73. The number of aryl methyl sites for hydroxylation is 3. The lowest BCUT2D eigenvalue weighted by Crippen LogP contribution is -2.09. The molecule has 0 spiro atoms. The van der Waals surface area contributed by atoms with Crippen LogP contribution in [0.4, 0.5) is 0 Å². The first-order chi connectivity index (χ1) is 9.52. The summed E-state index contributed by atoms with van der Waals surface area (Å²) in [5, 5.41) is 0. The zero-order chi connectivity index (χ0) is 14.7. The topological polar surface area (TPSA) is 26.3 Å². The van der Waals surface area contributed by atoms with Crippen LogP contribution in [0.5, 0.6) is 5.75 Å². The largest absolute Gasteiger partial charge is 0.496 e. The Morgan fingerprint density at radius 3 is 2.25 bits per heavy atom. The Bertz CT molecular complexity index is 619. The molecule has 0 bridgehead atoms. The summed E-state index contributed by atoms with van der Waals surface area (Å²) in [5.41, 5.74) is 5.04. The van der Waals surface area contributed by atoms with Crippen LogP contribution in [0.1, 0.15) is 32.6 Å². The minimum absolute atomic E-state index is 0.143. The lowest BCUT2D eigenvalue weighted by molar-refractivity contribution is 0.0991. The lowest BCUT2D eigenvalue weighted by atomic mass is 9.93. The van der Waals surface area contributed by atoms with E-state index in [-0.39, 0.29) is 5.78 Å². The summed E-state index contributed by atoms with van der Waals surface area (Å²) in [4.78, 5) is 12.6. The summed E-state index contributed by atoms with van der Waals surface area (Å²) in [7, 11) is 1.63. The van der Waals surface area contributed by atoms with Gasteiger partial charge in [-0.1, -0.05) is 35.9 Å². The molecule has 2 heteroatoms. The number of rotatable bonds is 4. The second-order valence-electron chi connectivity index (χ2n) is 5.19. The minimum Gasteiger partial charge on any atom is -0.496 e. The standard InChI is InChI=1S/C18H20O2/c1-12-9-13(2)18(14(3)10-12)16(19)11-15-7-5-6-8-17(15)20-4/h5-10H,11H2,1-4H3. The molecular formula is C18H20O2.